The first-order valence-corrected chi connectivity index (χ1v) is 14.9. The molecule has 0 radical (unpaired) electrons. The Labute approximate surface area is 259 Å². The number of nitrogens with one attached hydrogen (secondary N) is 2. The third kappa shape index (κ3) is 8.37. The van der Waals surface area contributed by atoms with Gasteiger partial charge in [-0.1, -0.05) is 79.7 Å². The van der Waals surface area contributed by atoms with Crippen LogP contribution in [0.4, 0.5) is 10.5 Å². The van der Waals surface area contributed by atoms with E-state index in [1.54, 1.807) is 37.8 Å². The molecule has 0 aliphatic carbocycles. The van der Waals surface area contributed by atoms with Crippen LogP contribution in [0.5, 0.6) is 5.75 Å². The van der Waals surface area contributed by atoms with Crippen LogP contribution < -0.4 is 10.6 Å². The predicted octanol–water partition coefficient (Wildman–Crippen LogP) is 6.99. The topological polar surface area (TPSA) is 108 Å². The lowest BCUT2D eigenvalue weighted by molar-refractivity contribution is -0.143. The van der Waals surface area contributed by atoms with Gasteiger partial charge in [-0.25, -0.2) is 4.79 Å². The number of amides is 3. The van der Waals surface area contributed by atoms with Gasteiger partial charge in [0.1, 0.15) is 23.4 Å². The van der Waals surface area contributed by atoms with Gasteiger partial charge in [-0.2, -0.15) is 0 Å². The predicted molar refractivity (Wildman–Crippen MR) is 173 cm³/mol. The molecular formula is C36H41N3O5. The molecule has 0 heterocycles. The van der Waals surface area contributed by atoms with E-state index in [4.69, 9.17) is 4.74 Å². The monoisotopic (exact) mass is 595 g/mol. The summed E-state index contributed by atoms with van der Waals surface area (Å²) in [5.74, 6) is -0.714. The summed E-state index contributed by atoms with van der Waals surface area (Å²) in [5.41, 5.74) is 1.19. The number of ether oxygens (including phenoxy) is 1. The van der Waals surface area contributed by atoms with Crippen LogP contribution in [0.2, 0.25) is 0 Å². The largest absolute Gasteiger partial charge is 0.508 e. The van der Waals surface area contributed by atoms with Gasteiger partial charge in [0.2, 0.25) is 5.91 Å². The van der Waals surface area contributed by atoms with Crippen LogP contribution in [0.25, 0.3) is 10.8 Å². The molecule has 8 heteroatoms. The maximum Gasteiger partial charge on any atom is 0.408 e. The second-order valence-electron chi connectivity index (χ2n) is 11.9. The molecule has 0 saturated carbocycles. The van der Waals surface area contributed by atoms with Crippen molar-refractivity contribution in [1.29, 1.82) is 0 Å². The highest BCUT2D eigenvalue weighted by molar-refractivity contribution is 6.00. The number of benzene rings is 4. The lowest BCUT2D eigenvalue weighted by atomic mass is 9.98. The Balaban J connectivity index is 1.74. The Morgan fingerprint density at radius 2 is 1.50 bits per heavy atom. The average molecular weight is 596 g/mol. The van der Waals surface area contributed by atoms with Crippen molar-refractivity contribution in [2.24, 2.45) is 0 Å². The number of alkyl carbamates (subject to hydrolysis) is 1. The van der Waals surface area contributed by atoms with Crippen LogP contribution in [0.1, 0.15) is 58.2 Å². The van der Waals surface area contributed by atoms with Crippen molar-refractivity contribution >= 4 is 34.4 Å². The van der Waals surface area contributed by atoms with E-state index in [1.807, 2.05) is 86.6 Å². The van der Waals surface area contributed by atoms with Gasteiger partial charge >= 0.3 is 6.09 Å². The first-order chi connectivity index (χ1) is 20.9. The quantitative estimate of drug-likeness (QED) is 0.183. The maximum atomic E-state index is 14.6. The summed E-state index contributed by atoms with van der Waals surface area (Å²) in [5, 5.41) is 17.6. The van der Waals surface area contributed by atoms with Gasteiger partial charge < -0.3 is 25.4 Å². The summed E-state index contributed by atoms with van der Waals surface area (Å²) in [6.07, 6.45) is -0.0499. The second kappa shape index (κ2) is 14.1. The highest BCUT2D eigenvalue weighted by atomic mass is 16.6. The fraction of sp³-hybridized carbons (Fsp3) is 0.306. The van der Waals surface area contributed by atoms with Crippen molar-refractivity contribution in [3.63, 3.8) is 0 Å². The molecule has 44 heavy (non-hydrogen) atoms. The van der Waals surface area contributed by atoms with Gasteiger partial charge in [-0.3, -0.25) is 9.59 Å². The average Bonchev–Trinajstić information content (AvgIpc) is 2.99. The molecule has 0 aliphatic rings. The minimum atomic E-state index is -1.05. The van der Waals surface area contributed by atoms with Gasteiger partial charge in [0, 0.05) is 18.2 Å². The molecule has 230 valence electrons. The summed E-state index contributed by atoms with van der Waals surface area (Å²) in [7, 11) is 0. The molecule has 3 atom stereocenters. The molecule has 0 aromatic heterocycles. The maximum absolute atomic E-state index is 14.6. The molecular weight excluding hydrogens is 554 g/mol. The summed E-state index contributed by atoms with van der Waals surface area (Å²) in [4.78, 5) is 43.3. The number of hydrogen-bond acceptors (Lipinski definition) is 5. The Morgan fingerprint density at radius 3 is 2.14 bits per heavy atom. The zero-order valence-electron chi connectivity index (χ0n) is 25.9. The van der Waals surface area contributed by atoms with Crippen LogP contribution in [0.3, 0.4) is 0 Å². The third-order valence-corrected chi connectivity index (χ3v) is 7.34. The summed E-state index contributed by atoms with van der Waals surface area (Å²) in [6.45, 7) is 9.08. The van der Waals surface area contributed by atoms with Crippen LogP contribution in [0.15, 0.2) is 97.1 Å². The van der Waals surface area contributed by atoms with Crippen LogP contribution in [0, 0.1) is 0 Å². The first kappa shape index (κ1) is 32.1. The number of phenols is 1. The van der Waals surface area contributed by atoms with Crippen LogP contribution in [-0.2, 0) is 20.7 Å². The lowest BCUT2D eigenvalue weighted by Gasteiger charge is -2.38. The van der Waals surface area contributed by atoms with Crippen molar-refractivity contribution in [2.75, 3.05) is 5.32 Å². The number of anilines is 1. The number of nitrogens with zero attached hydrogens (tertiary/aromatic N) is 1. The summed E-state index contributed by atoms with van der Waals surface area (Å²) < 4.78 is 5.51. The lowest BCUT2D eigenvalue weighted by Crippen LogP contribution is -2.55. The molecule has 4 aromatic rings. The van der Waals surface area contributed by atoms with Gasteiger partial charge in [-0.05, 0) is 80.3 Å². The number of hydrogen-bond donors (Lipinski definition) is 3. The minimum Gasteiger partial charge on any atom is -0.508 e. The Hall–Kier alpha value is -4.85. The van der Waals surface area contributed by atoms with E-state index in [1.165, 1.54) is 12.1 Å². The SMILES string of the molecule is CCC(C)N(C(=O)C(Cc1ccc(O)cc1)NC(=O)OC(C)(C)C)C(C(=O)Nc1ccc2ccccc2c1)c1ccccc1. The first-order valence-electron chi connectivity index (χ1n) is 14.9. The zero-order chi connectivity index (χ0) is 31.9. The molecule has 8 nitrogen and oxygen atoms in total. The fourth-order valence-electron chi connectivity index (χ4n) is 5.04. The van der Waals surface area contributed by atoms with Crippen molar-refractivity contribution in [3.05, 3.63) is 108 Å². The summed E-state index contributed by atoms with van der Waals surface area (Å²) >= 11 is 0. The van der Waals surface area contributed by atoms with Crippen LogP contribution in [-0.4, -0.2) is 45.6 Å². The van der Waals surface area contributed by atoms with E-state index in [-0.39, 0.29) is 24.1 Å². The number of phenolic OH excluding ortho intramolecular Hbond substituents is 1. The van der Waals surface area contributed by atoms with E-state index < -0.39 is 29.7 Å². The minimum absolute atomic E-state index is 0.0902. The van der Waals surface area contributed by atoms with Crippen LogP contribution >= 0.6 is 0 Å². The number of carbonyl (C=O) groups is 3. The Morgan fingerprint density at radius 1 is 0.864 bits per heavy atom. The molecule has 0 bridgehead atoms. The number of rotatable bonds is 10. The highest BCUT2D eigenvalue weighted by Gasteiger charge is 2.38. The van der Waals surface area contributed by atoms with Crippen molar-refractivity contribution in [3.8, 4) is 5.75 Å². The molecule has 4 rings (SSSR count). The number of aromatic hydroxyl groups is 1. The smallest absolute Gasteiger partial charge is 0.408 e. The van der Waals surface area contributed by atoms with Gasteiger partial charge in [0.25, 0.3) is 5.91 Å². The zero-order valence-corrected chi connectivity index (χ0v) is 25.9. The molecule has 0 saturated heterocycles. The third-order valence-electron chi connectivity index (χ3n) is 7.34. The van der Waals surface area contributed by atoms with Crippen molar-refractivity contribution < 1.29 is 24.2 Å². The Kier molecular flexibility index (Phi) is 10.3. The highest BCUT2D eigenvalue weighted by Crippen LogP contribution is 2.29. The van der Waals surface area contributed by atoms with E-state index in [2.05, 4.69) is 10.6 Å². The molecule has 3 unspecified atom stereocenters. The van der Waals surface area contributed by atoms with Crippen molar-refractivity contribution in [1.82, 2.24) is 10.2 Å². The van der Waals surface area contributed by atoms with Crippen molar-refractivity contribution in [2.45, 2.75) is 71.2 Å². The van der Waals surface area contributed by atoms with E-state index >= 15 is 0 Å². The Bertz CT molecular complexity index is 1580. The molecule has 0 spiro atoms. The van der Waals surface area contributed by atoms with E-state index in [0.29, 0.717) is 17.7 Å². The normalized spacial score (nSPS) is 13.4. The van der Waals surface area contributed by atoms with E-state index in [0.717, 1.165) is 16.3 Å². The fourth-order valence-corrected chi connectivity index (χ4v) is 5.04. The van der Waals surface area contributed by atoms with E-state index in [9.17, 15) is 19.5 Å². The standard InChI is InChI=1S/C36H41N3O5/c1-6-24(2)39(34(42)31(38-35(43)44-36(3,4)5)22-25-16-20-30(40)21-17-25)32(27-13-8-7-9-14-27)33(41)37-29-19-18-26-12-10-11-15-28(26)23-29/h7-21,23-24,31-32,40H,6,22H2,1-5H3,(H,37,41)(H,38,43). The van der Waals surface area contributed by atoms with Gasteiger partial charge in [0.05, 0.1) is 0 Å². The molecule has 3 N–H and O–H groups in total. The number of fused-ring (bicyclic) bond motifs is 1. The molecule has 0 fully saturated rings. The number of carbonyl (C=O) groups excluding carboxylic acids is 3. The molecule has 0 aliphatic heterocycles. The summed E-state index contributed by atoms with van der Waals surface area (Å²) in [6, 6.07) is 26.8. The van der Waals surface area contributed by atoms with Gasteiger partial charge in [-0.15, -0.1) is 0 Å². The molecule has 3 amide bonds. The van der Waals surface area contributed by atoms with Gasteiger partial charge in [0.15, 0.2) is 0 Å². The second-order valence-corrected chi connectivity index (χ2v) is 11.9. The molecule has 4 aromatic carbocycles.